The van der Waals surface area contributed by atoms with Crippen molar-refractivity contribution >= 4 is 11.2 Å². The molecule has 0 saturated heterocycles. The summed E-state index contributed by atoms with van der Waals surface area (Å²) in [4.78, 5) is 24.3. The van der Waals surface area contributed by atoms with Crippen molar-refractivity contribution in [2.24, 2.45) is 0 Å². The Morgan fingerprint density at radius 3 is 2.76 bits per heavy atom. The first-order valence-corrected chi connectivity index (χ1v) is 7.88. The van der Waals surface area contributed by atoms with Crippen LogP contribution in [-0.4, -0.2) is 26.6 Å². The number of ether oxygens (including phenoxy) is 1. The van der Waals surface area contributed by atoms with Crippen LogP contribution in [-0.2, 0) is 6.54 Å². The molecule has 0 atom stereocenters. The van der Waals surface area contributed by atoms with Gasteiger partial charge in [0.25, 0.3) is 5.56 Å². The number of hydrogen-bond acceptors (Lipinski definition) is 4. The van der Waals surface area contributed by atoms with E-state index in [-0.39, 0.29) is 5.56 Å². The lowest BCUT2D eigenvalue weighted by Gasteiger charge is -2.06. The lowest BCUT2D eigenvalue weighted by Crippen LogP contribution is -2.13. The Kier molecular flexibility index (Phi) is 3.78. The minimum absolute atomic E-state index is 0.212. The number of hydrogen-bond donors (Lipinski definition) is 1. The van der Waals surface area contributed by atoms with Crippen molar-refractivity contribution in [3.8, 4) is 17.1 Å². The van der Waals surface area contributed by atoms with Gasteiger partial charge in [-0.05, 0) is 17.7 Å². The SMILES string of the molecule is COc1cccc(-c2nc3ncn(Cc4ccccc4)c3c(=O)[nH]2)c1. The quantitative estimate of drug-likeness (QED) is 0.624. The number of imidazole rings is 1. The summed E-state index contributed by atoms with van der Waals surface area (Å²) in [5.41, 5.74) is 2.55. The molecule has 2 heterocycles. The first kappa shape index (κ1) is 15.1. The fourth-order valence-corrected chi connectivity index (χ4v) is 2.79. The van der Waals surface area contributed by atoms with E-state index < -0.39 is 0 Å². The molecule has 25 heavy (non-hydrogen) atoms. The first-order valence-electron chi connectivity index (χ1n) is 7.88. The molecule has 6 heteroatoms. The van der Waals surface area contributed by atoms with Gasteiger partial charge in [-0.25, -0.2) is 9.97 Å². The standard InChI is InChI=1S/C19H16N4O2/c1-25-15-9-5-8-14(10-15)17-21-18-16(19(24)22-17)23(12-20-18)11-13-6-3-2-4-7-13/h2-10,12H,11H2,1H3,(H,21,22,24). The van der Waals surface area contributed by atoms with E-state index >= 15 is 0 Å². The second kappa shape index (κ2) is 6.24. The molecular weight excluding hydrogens is 316 g/mol. The number of rotatable bonds is 4. The Hall–Kier alpha value is -3.41. The molecule has 4 rings (SSSR count). The molecule has 124 valence electrons. The van der Waals surface area contributed by atoms with Crippen molar-refractivity contribution in [2.75, 3.05) is 7.11 Å². The fourth-order valence-electron chi connectivity index (χ4n) is 2.79. The van der Waals surface area contributed by atoms with Gasteiger partial charge in [0, 0.05) is 12.1 Å². The number of fused-ring (bicyclic) bond motifs is 1. The van der Waals surface area contributed by atoms with Crippen LogP contribution in [0.5, 0.6) is 5.75 Å². The predicted molar refractivity (Wildman–Crippen MR) is 95.7 cm³/mol. The Balaban J connectivity index is 1.78. The van der Waals surface area contributed by atoms with Gasteiger partial charge in [-0.15, -0.1) is 0 Å². The summed E-state index contributed by atoms with van der Waals surface area (Å²) < 4.78 is 7.04. The van der Waals surface area contributed by atoms with Crippen LogP contribution in [0.15, 0.2) is 65.7 Å². The summed E-state index contributed by atoms with van der Waals surface area (Å²) in [7, 11) is 1.60. The van der Waals surface area contributed by atoms with Crippen molar-refractivity contribution < 1.29 is 4.74 Å². The summed E-state index contributed by atoms with van der Waals surface area (Å²) in [6.45, 7) is 0.570. The average Bonchev–Trinajstić information content (AvgIpc) is 3.06. The van der Waals surface area contributed by atoms with Crippen LogP contribution in [0.25, 0.3) is 22.6 Å². The van der Waals surface area contributed by atoms with E-state index in [0.29, 0.717) is 29.3 Å². The van der Waals surface area contributed by atoms with E-state index in [9.17, 15) is 4.79 Å². The summed E-state index contributed by atoms with van der Waals surface area (Å²) in [6.07, 6.45) is 1.65. The fraction of sp³-hybridized carbons (Fsp3) is 0.105. The molecule has 0 radical (unpaired) electrons. The third kappa shape index (κ3) is 2.89. The van der Waals surface area contributed by atoms with Crippen LogP contribution >= 0.6 is 0 Å². The van der Waals surface area contributed by atoms with Gasteiger partial charge in [0.15, 0.2) is 11.2 Å². The molecule has 6 nitrogen and oxygen atoms in total. The van der Waals surface area contributed by atoms with Crippen molar-refractivity contribution in [1.29, 1.82) is 0 Å². The number of benzene rings is 2. The number of nitrogens with zero attached hydrogens (tertiary/aromatic N) is 3. The molecule has 0 saturated carbocycles. The van der Waals surface area contributed by atoms with Crippen molar-refractivity contribution in [3.63, 3.8) is 0 Å². The van der Waals surface area contributed by atoms with Gasteiger partial charge in [0.2, 0.25) is 0 Å². The zero-order valence-electron chi connectivity index (χ0n) is 13.6. The Bertz CT molecular complexity index is 1080. The average molecular weight is 332 g/mol. The van der Waals surface area contributed by atoms with E-state index in [4.69, 9.17) is 4.74 Å². The maximum atomic E-state index is 12.6. The predicted octanol–water partition coefficient (Wildman–Crippen LogP) is 2.84. The van der Waals surface area contributed by atoms with Crippen molar-refractivity contribution in [2.45, 2.75) is 6.54 Å². The summed E-state index contributed by atoms with van der Waals surface area (Å²) >= 11 is 0. The third-order valence-corrected chi connectivity index (χ3v) is 4.02. The van der Waals surface area contributed by atoms with Crippen LogP contribution in [0.3, 0.4) is 0 Å². The van der Waals surface area contributed by atoms with Crippen molar-refractivity contribution in [1.82, 2.24) is 19.5 Å². The van der Waals surface area contributed by atoms with Gasteiger partial charge in [0.1, 0.15) is 11.6 Å². The largest absolute Gasteiger partial charge is 0.497 e. The molecule has 0 aliphatic rings. The lowest BCUT2D eigenvalue weighted by atomic mass is 10.2. The molecular formula is C19H16N4O2. The number of nitrogens with one attached hydrogen (secondary N) is 1. The zero-order valence-corrected chi connectivity index (χ0v) is 13.6. The van der Waals surface area contributed by atoms with Gasteiger partial charge in [-0.2, -0.15) is 0 Å². The van der Waals surface area contributed by atoms with Gasteiger partial charge < -0.3 is 14.3 Å². The maximum absolute atomic E-state index is 12.6. The smallest absolute Gasteiger partial charge is 0.277 e. The third-order valence-electron chi connectivity index (χ3n) is 4.02. The Morgan fingerprint density at radius 2 is 1.96 bits per heavy atom. The van der Waals surface area contributed by atoms with Crippen LogP contribution in [0.1, 0.15) is 5.56 Å². The van der Waals surface area contributed by atoms with Crippen LogP contribution < -0.4 is 10.3 Å². The maximum Gasteiger partial charge on any atom is 0.277 e. The minimum Gasteiger partial charge on any atom is -0.497 e. The van der Waals surface area contributed by atoms with Gasteiger partial charge in [-0.3, -0.25) is 4.79 Å². The number of aromatic nitrogens is 4. The van der Waals surface area contributed by atoms with Gasteiger partial charge in [0.05, 0.1) is 13.4 Å². The summed E-state index contributed by atoms with van der Waals surface area (Å²) in [6, 6.07) is 17.3. The summed E-state index contributed by atoms with van der Waals surface area (Å²) in [5, 5.41) is 0. The van der Waals surface area contributed by atoms with E-state index in [0.717, 1.165) is 11.1 Å². The molecule has 0 unspecified atom stereocenters. The molecule has 4 aromatic rings. The van der Waals surface area contributed by atoms with Crippen molar-refractivity contribution in [3.05, 3.63) is 76.8 Å². The highest BCUT2D eigenvalue weighted by molar-refractivity contribution is 5.73. The van der Waals surface area contributed by atoms with Crippen LogP contribution in [0.2, 0.25) is 0 Å². The Labute approximate surface area is 143 Å². The van der Waals surface area contributed by atoms with Crippen LogP contribution in [0.4, 0.5) is 0 Å². The zero-order chi connectivity index (χ0) is 17.2. The second-order valence-electron chi connectivity index (χ2n) is 5.68. The first-order chi connectivity index (χ1) is 12.2. The van der Waals surface area contributed by atoms with E-state index in [1.807, 2.05) is 59.2 Å². The highest BCUT2D eigenvalue weighted by Crippen LogP contribution is 2.21. The second-order valence-corrected chi connectivity index (χ2v) is 5.68. The van der Waals surface area contributed by atoms with E-state index in [2.05, 4.69) is 15.0 Å². The molecule has 2 aromatic heterocycles. The monoisotopic (exact) mass is 332 g/mol. The lowest BCUT2D eigenvalue weighted by molar-refractivity contribution is 0.415. The minimum atomic E-state index is -0.212. The summed E-state index contributed by atoms with van der Waals surface area (Å²) in [5.74, 6) is 1.18. The molecule has 0 fully saturated rings. The van der Waals surface area contributed by atoms with Gasteiger partial charge in [-0.1, -0.05) is 42.5 Å². The number of aromatic amines is 1. The number of H-pyrrole nitrogens is 1. The number of methoxy groups -OCH3 is 1. The highest BCUT2D eigenvalue weighted by Gasteiger charge is 2.12. The Morgan fingerprint density at radius 1 is 1.12 bits per heavy atom. The molecule has 2 aromatic carbocycles. The van der Waals surface area contributed by atoms with Gasteiger partial charge >= 0.3 is 0 Å². The topological polar surface area (TPSA) is 72.8 Å². The van der Waals surface area contributed by atoms with E-state index in [1.54, 1.807) is 13.4 Å². The highest BCUT2D eigenvalue weighted by atomic mass is 16.5. The molecule has 0 amide bonds. The molecule has 0 aliphatic heterocycles. The molecule has 0 aliphatic carbocycles. The normalized spacial score (nSPS) is 10.9. The molecule has 1 N–H and O–H groups in total. The van der Waals surface area contributed by atoms with E-state index in [1.165, 1.54) is 0 Å². The molecule has 0 bridgehead atoms. The van der Waals surface area contributed by atoms with Crippen LogP contribution in [0, 0.1) is 0 Å². The molecule has 0 spiro atoms.